The van der Waals surface area contributed by atoms with Crippen LogP contribution in [0.2, 0.25) is 5.02 Å². The summed E-state index contributed by atoms with van der Waals surface area (Å²) in [6.07, 6.45) is 4.62. The SMILES string of the molecule is CCOc1ccc(C2C(C)C(C(=O)NN3CCCCCC3)=NN2c2ccccc2Cl)cc1. The van der Waals surface area contributed by atoms with Crippen molar-refractivity contribution >= 4 is 28.9 Å². The van der Waals surface area contributed by atoms with Crippen LogP contribution in [0.1, 0.15) is 51.1 Å². The fourth-order valence-corrected chi connectivity index (χ4v) is 4.69. The van der Waals surface area contributed by atoms with Gasteiger partial charge < -0.3 is 4.74 Å². The van der Waals surface area contributed by atoms with E-state index in [4.69, 9.17) is 21.4 Å². The minimum atomic E-state index is -0.143. The number of ether oxygens (including phenoxy) is 1. The molecule has 2 heterocycles. The first-order chi connectivity index (χ1) is 15.6. The Morgan fingerprint density at radius 2 is 1.78 bits per heavy atom. The van der Waals surface area contributed by atoms with Gasteiger partial charge in [-0.2, -0.15) is 5.10 Å². The Morgan fingerprint density at radius 1 is 1.09 bits per heavy atom. The average Bonchev–Trinajstić information content (AvgIpc) is 2.95. The third-order valence-corrected chi connectivity index (χ3v) is 6.43. The number of rotatable bonds is 6. The monoisotopic (exact) mass is 454 g/mol. The molecule has 1 amide bonds. The third kappa shape index (κ3) is 4.92. The molecule has 7 heteroatoms. The van der Waals surface area contributed by atoms with E-state index in [1.165, 1.54) is 12.8 Å². The molecule has 6 nitrogen and oxygen atoms in total. The Balaban J connectivity index is 1.63. The molecule has 0 aromatic heterocycles. The highest BCUT2D eigenvalue weighted by Gasteiger charge is 2.40. The second kappa shape index (κ2) is 10.4. The van der Waals surface area contributed by atoms with Gasteiger partial charge in [0, 0.05) is 19.0 Å². The lowest BCUT2D eigenvalue weighted by atomic mass is 9.91. The van der Waals surface area contributed by atoms with Crippen molar-refractivity contribution in [1.82, 2.24) is 10.4 Å². The highest BCUT2D eigenvalue weighted by atomic mass is 35.5. The van der Waals surface area contributed by atoms with Gasteiger partial charge in [0.15, 0.2) is 0 Å². The van der Waals surface area contributed by atoms with Crippen LogP contribution >= 0.6 is 11.6 Å². The minimum absolute atomic E-state index is 0.115. The lowest BCUT2D eigenvalue weighted by molar-refractivity contribution is -0.119. The molecule has 0 saturated carbocycles. The molecule has 1 N–H and O–H groups in total. The molecule has 0 radical (unpaired) electrons. The lowest BCUT2D eigenvalue weighted by Gasteiger charge is -2.27. The van der Waals surface area contributed by atoms with E-state index in [2.05, 4.69) is 12.3 Å². The van der Waals surface area contributed by atoms with Crippen molar-refractivity contribution in [2.24, 2.45) is 11.0 Å². The van der Waals surface area contributed by atoms with E-state index in [0.29, 0.717) is 17.3 Å². The Bertz CT molecular complexity index is 955. The lowest BCUT2D eigenvalue weighted by Crippen LogP contribution is -2.46. The van der Waals surface area contributed by atoms with Crippen molar-refractivity contribution in [1.29, 1.82) is 0 Å². The fraction of sp³-hybridized carbons (Fsp3) is 0.440. The number of benzene rings is 2. The number of hydrazine groups is 1. The quantitative estimate of drug-likeness (QED) is 0.651. The predicted molar refractivity (Wildman–Crippen MR) is 129 cm³/mol. The summed E-state index contributed by atoms with van der Waals surface area (Å²) in [5, 5.41) is 9.33. The van der Waals surface area contributed by atoms with Crippen LogP contribution in [-0.2, 0) is 4.79 Å². The van der Waals surface area contributed by atoms with Crippen LogP contribution < -0.4 is 15.2 Å². The van der Waals surface area contributed by atoms with Gasteiger partial charge >= 0.3 is 0 Å². The number of para-hydroxylation sites is 1. The summed E-state index contributed by atoms with van der Waals surface area (Å²) < 4.78 is 5.60. The number of hydrogen-bond acceptors (Lipinski definition) is 5. The fourth-order valence-electron chi connectivity index (χ4n) is 4.47. The van der Waals surface area contributed by atoms with Gasteiger partial charge in [-0.15, -0.1) is 0 Å². The molecule has 1 fully saturated rings. The van der Waals surface area contributed by atoms with Crippen LogP contribution in [0.3, 0.4) is 0 Å². The van der Waals surface area contributed by atoms with E-state index in [-0.39, 0.29) is 17.9 Å². The molecule has 1 saturated heterocycles. The van der Waals surface area contributed by atoms with Crippen LogP contribution in [0.4, 0.5) is 5.69 Å². The standard InChI is InChI=1S/C25H31ClN4O2/c1-3-32-20-14-12-19(13-15-20)24-18(2)23(25(31)28-29-16-8-4-5-9-17-29)27-30(24)22-11-7-6-10-21(22)26/h6-7,10-15,18,24H,3-5,8-9,16-17H2,1-2H3,(H,28,31). The maximum atomic E-state index is 13.3. The normalized spacial score (nSPS) is 21.7. The first-order valence-electron chi connectivity index (χ1n) is 11.5. The van der Waals surface area contributed by atoms with E-state index in [1.54, 1.807) is 0 Å². The first kappa shape index (κ1) is 22.6. The molecule has 2 aromatic rings. The van der Waals surface area contributed by atoms with E-state index in [9.17, 15) is 4.79 Å². The molecule has 2 atom stereocenters. The second-order valence-electron chi connectivity index (χ2n) is 8.36. The Kier molecular flexibility index (Phi) is 7.33. The van der Waals surface area contributed by atoms with Crippen molar-refractivity contribution in [3.63, 3.8) is 0 Å². The maximum Gasteiger partial charge on any atom is 0.282 e. The Labute approximate surface area is 195 Å². The number of amides is 1. The van der Waals surface area contributed by atoms with Gasteiger partial charge in [0.05, 0.1) is 23.4 Å². The van der Waals surface area contributed by atoms with Crippen molar-refractivity contribution in [2.75, 3.05) is 24.7 Å². The number of nitrogens with one attached hydrogen (secondary N) is 1. The largest absolute Gasteiger partial charge is 0.494 e. The molecule has 0 aliphatic carbocycles. The zero-order chi connectivity index (χ0) is 22.5. The molecule has 32 heavy (non-hydrogen) atoms. The van der Waals surface area contributed by atoms with E-state index < -0.39 is 0 Å². The van der Waals surface area contributed by atoms with Crippen LogP contribution in [0.25, 0.3) is 0 Å². The van der Waals surface area contributed by atoms with Crippen molar-refractivity contribution in [3.8, 4) is 5.75 Å². The predicted octanol–water partition coefficient (Wildman–Crippen LogP) is 5.20. The Hall–Kier alpha value is -2.57. The summed E-state index contributed by atoms with van der Waals surface area (Å²) in [6, 6.07) is 15.5. The maximum absolute atomic E-state index is 13.3. The van der Waals surface area contributed by atoms with E-state index in [1.807, 2.05) is 65.5 Å². The van der Waals surface area contributed by atoms with Gasteiger partial charge in [0.2, 0.25) is 0 Å². The molecule has 0 bridgehead atoms. The summed E-state index contributed by atoms with van der Waals surface area (Å²) >= 11 is 6.53. The summed E-state index contributed by atoms with van der Waals surface area (Å²) in [5.41, 5.74) is 5.47. The van der Waals surface area contributed by atoms with E-state index >= 15 is 0 Å². The number of carbonyl (C=O) groups excluding carboxylic acids is 1. The van der Waals surface area contributed by atoms with E-state index in [0.717, 1.165) is 42.9 Å². The van der Waals surface area contributed by atoms with Crippen molar-refractivity contribution in [2.45, 2.75) is 45.6 Å². The molecular formula is C25H31ClN4O2. The summed E-state index contributed by atoms with van der Waals surface area (Å²) in [4.78, 5) is 13.3. The summed E-state index contributed by atoms with van der Waals surface area (Å²) in [7, 11) is 0. The number of halogens is 1. The number of hydrogen-bond donors (Lipinski definition) is 1. The van der Waals surface area contributed by atoms with Gasteiger partial charge in [-0.3, -0.25) is 15.2 Å². The van der Waals surface area contributed by atoms with Gasteiger partial charge in [0.25, 0.3) is 5.91 Å². The zero-order valence-electron chi connectivity index (χ0n) is 18.8. The average molecular weight is 455 g/mol. The molecular weight excluding hydrogens is 424 g/mol. The van der Waals surface area contributed by atoms with Crippen LogP contribution in [0.15, 0.2) is 53.6 Å². The molecule has 2 aliphatic rings. The number of carbonyl (C=O) groups is 1. The molecule has 0 spiro atoms. The number of anilines is 1. The molecule has 4 rings (SSSR count). The second-order valence-corrected chi connectivity index (χ2v) is 8.77. The summed E-state index contributed by atoms with van der Waals surface area (Å²) in [5.74, 6) is 0.576. The number of hydrazone groups is 1. The minimum Gasteiger partial charge on any atom is -0.494 e. The smallest absolute Gasteiger partial charge is 0.282 e. The van der Waals surface area contributed by atoms with Crippen LogP contribution in [0, 0.1) is 5.92 Å². The molecule has 2 aromatic carbocycles. The zero-order valence-corrected chi connectivity index (χ0v) is 19.5. The molecule has 170 valence electrons. The number of nitrogens with zero attached hydrogens (tertiary/aromatic N) is 3. The van der Waals surface area contributed by atoms with Crippen LogP contribution in [0.5, 0.6) is 5.75 Å². The molecule has 2 unspecified atom stereocenters. The van der Waals surface area contributed by atoms with Gasteiger partial charge in [-0.25, -0.2) is 5.01 Å². The first-order valence-corrected chi connectivity index (χ1v) is 11.9. The van der Waals surface area contributed by atoms with Crippen LogP contribution in [-0.4, -0.2) is 36.3 Å². The third-order valence-electron chi connectivity index (χ3n) is 6.11. The summed E-state index contributed by atoms with van der Waals surface area (Å²) in [6.45, 7) is 6.40. The van der Waals surface area contributed by atoms with Gasteiger partial charge in [-0.1, -0.05) is 55.6 Å². The molecule has 2 aliphatic heterocycles. The highest BCUT2D eigenvalue weighted by Crippen LogP contribution is 2.42. The van der Waals surface area contributed by atoms with Gasteiger partial charge in [-0.05, 0) is 49.6 Å². The topological polar surface area (TPSA) is 57.2 Å². The van der Waals surface area contributed by atoms with Crippen molar-refractivity contribution in [3.05, 3.63) is 59.1 Å². The highest BCUT2D eigenvalue weighted by molar-refractivity contribution is 6.40. The van der Waals surface area contributed by atoms with Crippen molar-refractivity contribution < 1.29 is 9.53 Å². The van der Waals surface area contributed by atoms with Gasteiger partial charge in [0.1, 0.15) is 11.5 Å². The Morgan fingerprint density at radius 3 is 2.44 bits per heavy atom.